The summed E-state index contributed by atoms with van der Waals surface area (Å²) < 4.78 is 0. The van der Waals surface area contributed by atoms with Gasteiger partial charge in [0.15, 0.2) is 0 Å². The number of aryl methyl sites for hydroxylation is 2. The number of aromatic nitrogens is 2. The van der Waals surface area contributed by atoms with Gasteiger partial charge in [0.25, 0.3) is 5.91 Å². The van der Waals surface area contributed by atoms with Crippen molar-refractivity contribution in [2.45, 2.75) is 51.6 Å². The van der Waals surface area contributed by atoms with Crippen LogP contribution in [-0.4, -0.2) is 42.1 Å². The van der Waals surface area contributed by atoms with Gasteiger partial charge in [-0.3, -0.25) is 4.79 Å². The molecule has 1 aromatic carbocycles. The first-order chi connectivity index (χ1) is 15.4. The number of anilines is 2. The molecule has 0 saturated heterocycles. The van der Waals surface area contributed by atoms with Gasteiger partial charge in [-0.1, -0.05) is 29.8 Å². The Morgan fingerprint density at radius 3 is 2.38 bits per heavy atom. The summed E-state index contributed by atoms with van der Waals surface area (Å²) in [4.78, 5) is 24.9. The summed E-state index contributed by atoms with van der Waals surface area (Å²) in [6.45, 7) is 4.00. The van der Waals surface area contributed by atoms with Crippen LogP contribution >= 0.6 is 11.3 Å². The molecule has 168 valence electrons. The van der Waals surface area contributed by atoms with E-state index in [-0.39, 0.29) is 11.9 Å². The molecule has 1 saturated carbocycles. The maximum Gasteiger partial charge on any atom is 0.252 e. The number of nitrogens with zero attached hydrogens (tertiary/aromatic N) is 3. The van der Waals surface area contributed by atoms with E-state index in [0.717, 1.165) is 59.1 Å². The summed E-state index contributed by atoms with van der Waals surface area (Å²) in [5.74, 6) is 2.57. The number of nitrogens with one attached hydrogen (secondary N) is 2. The molecule has 0 radical (unpaired) electrons. The zero-order chi connectivity index (χ0) is 22.7. The van der Waals surface area contributed by atoms with E-state index in [1.165, 1.54) is 5.56 Å². The molecule has 4 rings (SSSR count). The molecule has 32 heavy (non-hydrogen) atoms. The van der Waals surface area contributed by atoms with E-state index in [0.29, 0.717) is 6.04 Å². The first-order valence-corrected chi connectivity index (χ1v) is 12.0. The van der Waals surface area contributed by atoms with Gasteiger partial charge in [-0.25, -0.2) is 9.97 Å². The second-order valence-electron chi connectivity index (χ2n) is 8.79. The van der Waals surface area contributed by atoms with Crippen LogP contribution in [0.15, 0.2) is 41.8 Å². The van der Waals surface area contributed by atoms with E-state index in [4.69, 9.17) is 0 Å². The molecule has 3 aromatic rings. The van der Waals surface area contributed by atoms with Crippen molar-refractivity contribution in [3.8, 4) is 10.4 Å². The van der Waals surface area contributed by atoms with E-state index < -0.39 is 0 Å². The number of carbonyl (C=O) groups is 1. The zero-order valence-electron chi connectivity index (χ0n) is 19.2. The Labute approximate surface area is 194 Å². The number of hydrogen-bond acceptors (Lipinski definition) is 6. The molecule has 0 spiro atoms. The average molecular weight is 450 g/mol. The molecule has 2 aromatic heterocycles. The van der Waals surface area contributed by atoms with E-state index in [2.05, 4.69) is 51.8 Å². The minimum atomic E-state index is 0.0260. The normalized spacial score (nSPS) is 18.2. The summed E-state index contributed by atoms with van der Waals surface area (Å²) in [5.41, 5.74) is 3.14. The van der Waals surface area contributed by atoms with Gasteiger partial charge < -0.3 is 15.5 Å². The van der Waals surface area contributed by atoms with Crippen molar-refractivity contribution < 1.29 is 4.79 Å². The number of hydrogen-bond donors (Lipinski definition) is 2. The number of benzene rings is 1. The number of thiophene rings is 1. The first-order valence-electron chi connectivity index (χ1n) is 11.1. The van der Waals surface area contributed by atoms with Crippen molar-refractivity contribution in [2.75, 3.05) is 24.3 Å². The van der Waals surface area contributed by atoms with Crippen molar-refractivity contribution in [3.63, 3.8) is 0 Å². The Morgan fingerprint density at radius 1 is 1.00 bits per heavy atom. The molecule has 0 bridgehead atoms. The van der Waals surface area contributed by atoms with Gasteiger partial charge in [-0.2, -0.15) is 0 Å². The largest absolute Gasteiger partial charge is 0.367 e. The third-order valence-corrected chi connectivity index (χ3v) is 6.87. The van der Waals surface area contributed by atoms with E-state index >= 15 is 0 Å². The molecular weight excluding hydrogens is 418 g/mol. The minimum Gasteiger partial charge on any atom is -0.367 e. The van der Waals surface area contributed by atoms with Gasteiger partial charge in [-0.05, 0) is 51.2 Å². The molecule has 1 amide bonds. The van der Waals surface area contributed by atoms with Gasteiger partial charge in [0.1, 0.15) is 17.5 Å². The Morgan fingerprint density at radius 2 is 1.69 bits per heavy atom. The van der Waals surface area contributed by atoms with E-state index in [1.807, 2.05) is 43.4 Å². The lowest BCUT2D eigenvalue weighted by molar-refractivity contribution is 0.0927. The third-order valence-electron chi connectivity index (χ3n) is 5.89. The van der Waals surface area contributed by atoms with Gasteiger partial charge in [0.05, 0.1) is 5.56 Å². The Bertz CT molecular complexity index is 1070. The second kappa shape index (κ2) is 9.69. The number of amides is 1. The van der Waals surface area contributed by atoms with Crippen LogP contribution < -0.4 is 15.5 Å². The summed E-state index contributed by atoms with van der Waals surface area (Å²) in [5, 5.41) is 8.75. The maximum absolute atomic E-state index is 12.8. The Balaban J connectivity index is 1.30. The molecule has 1 fully saturated rings. The second-order valence-corrected chi connectivity index (χ2v) is 9.70. The van der Waals surface area contributed by atoms with Crippen molar-refractivity contribution in [1.82, 2.24) is 15.3 Å². The SMILES string of the molecule is Cc1ccc(-c2cc(C(=O)NC3CCC(Nc4cc(N(C)C)nc(C)n4)CC3)cs2)cc1. The minimum absolute atomic E-state index is 0.0260. The average Bonchev–Trinajstić information content (AvgIpc) is 3.26. The van der Waals surface area contributed by atoms with Crippen LogP contribution in [0, 0.1) is 13.8 Å². The quantitative estimate of drug-likeness (QED) is 0.552. The predicted octanol–water partition coefficient (Wildman–Crippen LogP) is 5.04. The lowest BCUT2D eigenvalue weighted by Crippen LogP contribution is -2.40. The number of carbonyl (C=O) groups excluding carboxylic acids is 1. The molecule has 0 aliphatic heterocycles. The van der Waals surface area contributed by atoms with Gasteiger partial charge in [0, 0.05) is 42.5 Å². The van der Waals surface area contributed by atoms with Crippen LogP contribution in [0.4, 0.5) is 11.6 Å². The summed E-state index contributed by atoms with van der Waals surface area (Å²) >= 11 is 1.62. The van der Waals surface area contributed by atoms with Gasteiger partial charge in [0.2, 0.25) is 0 Å². The van der Waals surface area contributed by atoms with Crippen molar-refractivity contribution in [1.29, 1.82) is 0 Å². The molecule has 0 unspecified atom stereocenters. The number of rotatable bonds is 6. The van der Waals surface area contributed by atoms with Crippen LogP contribution in [0.3, 0.4) is 0 Å². The topological polar surface area (TPSA) is 70.2 Å². The highest BCUT2D eigenvalue weighted by atomic mass is 32.1. The van der Waals surface area contributed by atoms with Crippen LogP contribution in [0.5, 0.6) is 0 Å². The molecular formula is C25H31N5OS. The Kier molecular flexibility index (Phi) is 6.74. The summed E-state index contributed by atoms with van der Waals surface area (Å²) in [7, 11) is 3.97. The Hall–Kier alpha value is -2.93. The highest BCUT2D eigenvalue weighted by Crippen LogP contribution is 2.28. The maximum atomic E-state index is 12.8. The zero-order valence-corrected chi connectivity index (χ0v) is 20.0. The molecule has 0 atom stereocenters. The molecule has 1 aliphatic carbocycles. The molecule has 2 N–H and O–H groups in total. The lowest BCUT2D eigenvalue weighted by Gasteiger charge is -2.30. The van der Waals surface area contributed by atoms with Gasteiger partial charge in [-0.15, -0.1) is 11.3 Å². The smallest absolute Gasteiger partial charge is 0.252 e. The summed E-state index contributed by atoms with van der Waals surface area (Å²) in [6, 6.07) is 13.0. The van der Waals surface area contributed by atoms with E-state index in [1.54, 1.807) is 11.3 Å². The monoisotopic (exact) mass is 449 g/mol. The van der Waals surface area contributed by atoms with Crippen LogP contribution in [0.2, 0.25) is 0 Å². The molecule has 6 nitrogen and oxygen atoms in total. The fraction of sp³-hybridized carbons (Fsp3) is 0.400. The summed E-state index contributed by atoms with van der Waals surface area (Å²) in [6.07, 6.45) is 3.93. The highest BCUT2D eigenvalue weighted by molar-refractivity contribution is 7.13. The first kappa shape index (κ1) is 22.3. The standard InChI is InChI=1S/C25H31N5OS/c1-16-5-7-18(8-6-16)22-13-19(15-32-22)25(31)29-21-11-9-20(10-12-21)28-23-14-24(30(3)4)27-17(2)26-23/h5-8,13-15,20-21H,9-12H2,1-4H3,(H,29,31)(H,26,27,28). The van der Waals surface area contributed by atoms with Crippen molar-refractivity contribution in [2.24, 2.45) is 0 Å². The van der Waals surface area contributed by atoms with Gasteiger partial charge >= 0.3 is 0 Å². The van der Waals surface area contributed by atoms with Crippen LogP contribution in [-0.2, 0) is 0 Å². The lowest BCUT2D eigenvalue weighted by atomic mass is 9.91. The fourth-order valence-electron chi connectivity index (χ4n) is 4.04. The molecule has 1 aliphatic rings. The molecule has 2 heterocycles. The fourth-order valence-corrected chi connectivity index (χ4v) is 4.94. The predicted molar refractivity (Wildman–Crippen MR) is 133 cm³/mol. The third kappa shape index (κ3) is 5.46. The molecule has 7 heteroatoms. The van der Waals surface area contributed by atoms with Crippen molar-refractivity contribution >= 4 is 28.9 Å². The van der Waals surface area contributed by atoms with Crippen molar-refractivity contribution in [3.05, 3.63) is 58.7 Å². The van der Waals surface area contributed by atoms with E-state index in [9.17, 15) is 4.79 Å². The van der Waals surface area contributed by atoms with Crippen LogP contribution in [0.25, 0.3) is 10.4 Å². The highest BCUT2D eigenvalue weighted by Gasteiger charge is 2.23. The van der Waals surface area contributed by atoms with Crippen LogP contribution in [0.1, 0.15) is 47.4 Å².